The van der Waals surface area contributed by atoms with Crippen molar-refractivity contribution in [2.24, 2.45) is 5.92 Å². The molecule has 1 saturated carbocycles. The van der Waals surface area contributed by atoms with Crippen molar-refractivity contribution in [3.8, 4) is 5.75 Å². The first kappa shape index (κ1) is 13.9. The lowest BCUT2D eigenvalue weighted by molar-refractivity contribution is 0.338. The van der Waals surface area contributed by atoms with E-state index in [1.54, 1.807) is 0 Å². The number of nitrogens with one attached hydrogen (secondary N) is 1. The van der Waals surface area contributed by atoms with Crippen LogP contribution in [0.15, 0.2) is 18.2 Å². The summed E-state index contributed by atoms with van der Waals surface area (Å²) in [5.74, 6) is 2.08. The molecule has 1 unspecified atom stereocenters. The first-order valence-electron chi connectivity index (χ1n) is 8.36. The molecule has 1 N–H and O–H groups in total. The van der Waals surface area contributed by atoms with Crippen LogP contribution < -0.4 is 10.1 Å². The van der Waals surface area contributed by atoms with Gasteiger partial charge in [0, 0.05) is 18.0 Å². The van der Waals surface area contributed by atoms with Gasteiger partial charge in [-0.25, -0.2) is 0 Å². The van der Waals surface area contributed by atoms with Gasteiger partial charge in [0.2, 0.25) is 0 Å². The van der Waals surface area contributed by atoms with Crippen LogP contribution in [0.3, 0.4) is 0 Å². The zero-order valence-electron chi connectivity index (χ0n) is 12.7. The van der Waals surface area contributed by atoms with Crippen molar-refractivity contribution in [1.29, 1.82) is 0 Å². The van der Waals surface area contributed by atoms with Crippen molar-refractivity contribution < 1.29 is 4.74 Å². The Morgan fingerprint density at radius 3 is 2.95 bits per heavy atom. The predicted octanol–water partition coefficient (Wildman–Crippen LogP) is 4.24. The van der Waals surface area contributed by atoms with E-state index in [2.05, 4.69) is 30.4 Å². The molecule has 1 aromatic rings. The Bertz CT molecular complexity index is 437. The van der Waals surface area contributed by atoms with Crippen LogP contribution in [0.25, 0.3) is 0 Å². The molecule has 20 heavy (non-hydrogen) atoms. The number of ether oxygens (including phenoxy) is 1. The van der Waals surface area contributed by atoms with Crippen LogP contribution in [0, 0.1) is 5.92 Å². The monoisotopic (exact) mass is 273 g/mol. The maximum Gasteiger partial charge on any atom is 0.127 e. The predicted molar refractivity (Wildman–Crippen MR) is 83.3 cm³/mol. The molecule has 0 aromatic heterocycles. The second-order valence-electron chi connectivity index (χ2n) is 6.33. The van der Waals surface area contributed by atoms with Crippen LogP contribution in [-0.4, -0.2) is 13.2 Å². The fraction of sp³-hybridized carbons (Fsp3) is 0.667. The summed E-state index contributed by atoms with van der Waals surface area (Å²) >= 11 is 0. The van der Waals surface area contributed by atoms with Crippen molar-refractivity contribution in [2.75, 3.05) is 13.2 Å². The Hall–Kier alpha value is -1.02. The second kappa shape index (κ2) is 6.62. The molecule has 3 rings (SSSR count). The smallest absolute Gasteiger partial charge is 0.127 e. The highest BCUT2D eigenvalue weighted by Gasteiger charge is 2.25. The lowest BCUT2D eigenvalue weighted by atomic mass is 9.92. The number of rotatable bonds is 6. The van der Waals surface area contributed by atoms with E-state index in [1.807, 2.05) is 0 Å². The van der Waals surface area contributed by atoms with E-state index in [1.165, 1.54) is 55.4 Å². The summed E-state index contributed by atoms with van der Waals surface area (Å²) in [4.78, 5) is 0. The molecule has 1 aliphatic carbocycles. The molecule has 1 aromatic carbocycles. The quantitative estimate of drug-likeness (QED) is 0.837. The van der Waals surface area contributed by atoms with E-state index in [9.17, 15) is 0 Å². The molecule has 0 spiro atoms. The molecule has 1 aliphatic heterocycles. The van der Waals surface area contributed by atoms with E-state index < -0.39 is 0 Å². The molecule has 0 amide bonds. The lowest BCUT2D eigenvalue weighted by Gasteiger charge is -2.24. The molecule has 2 heteroatoms. The van der Waals surface area contributed by atoms with Crippen molar-refractivity contribution >= 4 is 0 Å². The fourth-order valence-corrected chi connectivity index (χ4v) is 3.73. The van der Waals surface area contributed by atoms with Crippen molar-refractivity contribution in [3.05, 3.63) is 29.3 Å². The van der Waals surface area contributed by atoms with E-state index in [-0.39, 0.29) is 0 Å². The fourth-order valence-electron chi connectivity index (χ4n) is 3.73. The molecule has 1 heterocycles. The molecular weight excluding hydrogens is 246 g/mol. The Morgan fingerprint density at radius 1 is 1.30 bits per heavy atom. The minimum Gasteiger partial charge on any atom is -0.493 e. The van der Waals surface area contributed by atoms with Gasteiger partial charge < -0.3 is 10.1 Å². The van der Waals surface area contributed by atoms with Crippen LogP contribution in [0.4, 0.5) is 0 Å². The molecule has 1 atom stereocenters. The summed E-state index contributed by atoms with van der Waals surface area (Å²) in [7, 11) is 0. The first-order chi connectivity index (χ1) is 9.88. The molecule has 110 valence electrons. The van der Waals surface area contributed by atoms with Crippen molar-refractivity contribution in [3.63, 3.8) is 0 Å². The molecule has 0 bridgehead atoms. The topological polar surface area (TPSA) is 21.3 Å². The average Bonchev–Trinajstić information content (AvgIpc) is 3.13. The van der Waals surface area contributed by atoms with Gasteiger partial charge in [-0.3, -0.25) is 0 Å². The van der Waals surface area contributed by atoms with E-state index in [0.29, 0.717) is 6.04 Å². The highest BCUT2D eigenvalue weighted by atomic mass is 16.5. The summed E-state index contributed by atoms with van der Waals surface area (Å²) in [5.41, 5.74) is 2.80. The normalized spacial score (nSPS) is 19.9. The van der Waals surface area contributed by atoms with Gasteiger partial charge in [0.15, 0.2) is 0 Å². The van der Waals surface area contributed by atoms with Gasteiger partial charge in [-0.15, -0.1) is 0 Å². The Labute approximate surface area is 122 Å². The summed E-state index contributed by atoms with van der Waals surface area (Å²) in [6, 6.07) is 7.18. The van der Waals surface area contributed by atoms with Crippen LogP contribution in [-0.2, 0) is 6.42 Å². The third-order valence-electron chi connectivity index (χ3n) is 4.80. The summed E-state index contributed by atoms with van der Waals surface area (Å²) in [6.07, 6.45) is 9.23. The van der Waals surface area contributed by atoms with Gasteiger partial charge in [-0.05, 0) is 30.9 Å². The van der Waals surface area contributed by atoms with E-state index >= 15 is 0 Å². The highest BCUT2D eigenvalue weighted by molar-refractivity contribution is 5.45. The summed E-state index contributed by atoms with van der Waals surface area (Å²) in [5, 5.41) is 3.76. The largest absolute Gasteiger partial charge is 0.493 e. The van der Waals surface area contributed by atoms with Crippen molar-refractivity contribution in [1.82, 2.24) is 5.32 Å². The molecule has 0 radical (unpaired) electrons. The van der Waals surface area contributed by atoms with Crippen LogP contribution in [0.5, 0.6) is 5.75 Å². The summed E-state index contributed by atoms with van der Waals surface area (Å²) < 4.78 is 5.92. The molecule has 0 saturated heterocycles. The van der Waals surface area contributed by atoms with E-state index in [4.69, 9.17) is 4.74 Å². The molecule has 1 fully saturated rings. The second-order valence-corrected chi connectivity index (χ2v) is 6.33. The maximum absolute atomic E-state index is 5.92. The Balaban J connectivity index is 1.78. The van der Waals surface area contributed by atoms with Gasteiger partial charge in [-0.2, -0.15) is 0 Å². The number of fused-ring (bicyclic) bond motifs is 1. The number of para-hydroxylation sites is 1. The zero-order chi connectivity index (χ0) is 13.8. The van der Waals surface area contributed by atoms with E-state index in [0.717, 1.165) is 25.5 Å². The third kappa shape index (κ3) is 3.01. The van der Waals surface area contributed by atoms with Crippen LogP contribution in [0.1, 0.15) is 62.6 Å². The van der Waals surface area contributed by atoms with Crippen LogP contribution >= 0.6 is 0 Å². The van der Waals surface area contributed by atoms with Gasteiger partial charge >= 0.3 is 0 Å². The summed E-state index contributed by atoms with van der Waals surface area (Å²) in [6.45, 7) is 4.20. The highest BCUT2D eigenvalue weighted by Crippen LogP contribution is 2.38. The number of hydrogen-bond donors (Lipinski definition) is 1. The van der Waals surface area contributed by atoms with Gasteiger partial charge in [0.1, 0.15) is 5.75 Å². The van der Waals surface area contributed by atoms with Crippen molar-refractivity contribution in [2.45, 2.75) is 57.9 Å². The molecule has 2 nitrogen and oxygen atoms in total. The lowest BCUT2D eigenvalue weighted by Crippen LogP contribution is -2.24. The molecule has 2 aliphatic rings. The van der Waals surface area contributed by atoms with Gasteiger partial charge in [-0.1, -0.05) is 50.8 Å². The number of benzene rings is 1. The van der Waals surface area contributed by atoms with Gasteiger partial charge in [0.05, 0.1) is 6.61 Å². The number of hydrogen-bond acceptors (Lipinski definition) is 2. The zero-order valence-corrected chi connectivity index (χ0v) is 12.7. The molecular formula is C18H27NO. The van der Waals surface area contributed by atoms with Gasteiger partial charge in [0.25, 0.3) is 0 Å². The minimum absolute atomic E-state index is 0.478. The third-order valence-corrected chi connectivity index (χ3v) is 4.80. The standard InChI is InChI=1S/C18H27NO/c1-2-11-19-17(13-14-6-3-4-7-14)16-9-5-8-15-10-12-20-18(15)16/h5,8-9,14,17,19H,2-4,6-7,10-13H2,1H3. The van der Waals surface area contributed by atoms with Crippen LogP contribution in [0.2, 0.25) is 0 Å². The Morgan fingerprint density at radius 2 is 2.15 bits per heavy atom. The average molecular weight is 273 g/mol. The maximum atomic E-state index is 5.92. The Kier molecular flexibility index (Phi) is 4.62. The minimum atomic E-state index is 0.478. The SMILES string of the molecule is CCCNC(CC1CCCC1)c1cccc2c1OCC2. The first-order valence-corrected chi connectivity index (χ1v) is 8.36.